The Morgan fingerprint density at radius 2 is 1.88 bits per heavy atom. The van der Waals surface area contributed by atoms with Gasteiger partial charge < -0.3 is 4.74 Å². The first-order chi connectivity index (χ1) is 14.9. The smallest absolute Gasteiger partial charge is 0.434 e. The molecule has 0 saturated heterocycles. The fraction of sp³-hybridized carbons (Fsp3) is 0.353. The third-order valence-electron chi connectivity index (χ3n) is 4.14. The molecule has 0 bridgehead atoms. The quantitative estimate of drug-likeness (QED) is 0.358. The summed E-state index contributed by atoms with van der Waals surface area (Å²) in [4.78, 5) is 16.2. The molecule has 0 amide bonds. The predicted octanol–water partition coefficient (Wildman–Crippen LogP) is 4.64. The highest BCUT2D eigenvalue weighted by Gasteiger charge is 2.51. The van der Waals surface area contributed by atoms with Crippen molar-refractivity contribution in [2.75, 3.05) is 12.2 Å². The Bertz CT molecular complexity index is 1180. The molecule has 0 aliphatic heterocycles. The van der Waals surface area contributed by atoms with Crippen molar-refractivity contribution in [3.8, 4) is 16.9 Å². The summed E-state index contributed by atoms with van der Waals surface area (Å²) >= 11 is 1.29. The predicted molar refractivity (Wildman–Crippen MR) is 97.8 cm³/mol. The van der Waals surface area contributed by atoms with Crippen molar-refractivity contribution in [2.24, 2.45) is 0 Å². The van der Waals surface area contributed by atoms with Crippen LogP contribution in [-0.4, -0.2) is 43.7 Å². The SMILES string of the molecule is CSCOc1ccn2c(=O)c(-c3cnn(C(F)C(F)(F)C(F)F)c3)c(C(F)(F)F)nc2c1. The van der Waals surface area contributed by atoms with E-state index in [0.29, 0.717) is 12.4 Å². The first kappa shape index (κ1) is 23.8. The van der Waals surface area contributed by atoms with E-state index in [4.69, 9.17) is 4.74 Å². The van der Waals surface area contributed by atoms with E-state index < -0.39 is 52.8 Å². The highest BCUT2D eigenvalue weighted by molar-refractivity contribution is 7.98. The Morgan fingerprint density at radius 1 is 1.19 bits per heavy atom. The van der Waals surface area contributed by atoms with Gasteiger partial charge in [0, 0.05) is 24.0 Å². The van der Waals surface area contributed by atoms with Gasteiger partial charge >= 0.3 is 18.5 Å². The van der Waals surface area contributed by atoms with Crippen LogP contribution in [0.1, 0.15) is 12.0 Å². The molecule has 32 heavy (non-hydrogen) atoms. The minimum Gasteiger partial charge on any atom is -0.483 e. The highest BCUT2D eigenvalue weighted by Crippen LogP contribution is 2.38. The topological polar surface area (TPSA) is 61.4 Å². The van der Waals surface area contributed by atoms with E-state index in [1.165, 1.54) is 17.8 Å². The van der Waals surface area contributed by atoms with Crippen LogP contribution in [0.5, 0.6) is 5.75 Å². The molecule has 1 unspecified atom stereocenters. The van der Waals surface area contributed by atoms with Gasteiger partial charge in [0.2, 0.25) is 0 Å². The molecule has 0 aromatic carbocycles. The van der Waals surface area contributed by atoms with Crippen molar-refractivity contribution in [3.05, 3.63) is 46.8 Å². The fourth-order valence-corrected chi connectivity index (χ4v) is 2.93. The van der Waals surface area contributed by atoms with Gasteiger partial charge in [-0.1, -0.05) is 0 Å². The monoisotopic (exact) mass is 488 g/mol. The molecule has 3 aromatic rings. The average Bonchev–Trinajstić information content (AvgIpc) is 3.20. The lowest BCUT2D eigenvalue weighted by atomic mass is 10.1. The first-order valence-electron chi connectivity index (χ1n) is 8.47. The van der Waals surface area contributed by atoms with E-state index in [-0.39, 0.29) is 16.4 Å². The van der Waals surface area contributed by atoms with Crippen LogP contribution >= 0.6 is 11.8 Å². The van der Waals surface area contributed by atoms with E-state index >= 15 is 0 Å². The maximum Gasteiger partial charge on any atom is 0.434 e. The van der Waals surface area contributed by atoms with E-state index in [2.05, 4.69) is 10.1 Å². The van der Waals surface area contributed by atoms with Crippen LogP contribution in [0, 0.1) is 0 Å². The second-order valence-electron chi connectivity index (χ2n) is 6.30. The standard InChI is InChI=1S/C17H12F8N4O2S/c1-32-7-31-9-2-3-28-10(4-9)27-12(17(23,24)25)11(13(28)30)8-5-26-29(6-8)15(20)16(21,22)14(18)19/h2-6,14-15H,7H2,1H3. The van der Waals surface area contributed by atoms with Gasteiger partial charge in [0.25, 0.3) is 11.9 Å². The van der Waals surface area contributed by atoms with Gasteiger partial charge in [0.05, 0.1) is 11.8 Å². The van der Waals surface area contributed by atoms with E-state index in [9.17, 15) is 39.9 Å². The second-order valence-corrected chi connectivity index (χ2v) is 7.11. The maximum absolute atomic E-state index is 13.9. The average molecular weight is 488 g/mol. The summed E-state index contributed by atoms with van der Waals surface area (Å²) in [6.07, 6.45) is -9.68. The molecule has 0 radical (unpaired) electrons. The number of thioether (sulfide) groups is 1. The summed E-state index contributed by atoms with van der Waals surface area (Å²) in [5, 5.41) is 3.10. The summed E-state index contributed by atoms with van der Waals surface area (Å²) in [5.41, 5.74) is -5.25. The number of pyridine rings is 1. The molecule has 3 aromatic heterocycles. The molecule has 0 saturated carbocycles. The summed E-state index contributed by atoms with van der Waals surface area (Å²) in [7, 11) is 0. The van der Waals surface area contributed by atoms with Crippen molar-refractivity contribution in [3.63, 3.8) is 0 Å². The molecule has 0 spiro atoms. The van der Waals surface area contributed by atoms with Crippen LogP contribution in [0.15, 0.2) is 35.5 Å². The van der Waals surface area contributed by atoms with Gasteiger partial charge in [-0.3, -0.25) is 9.20 Å². The first-order valence-corrected chi connectivity index (χ1v) is 9.87. The van der Waals surface area contributed by atoms with Gasteiger partial charge in [0.15, 0.2) is 5.69 Å². The maximum atomic E-state index is 13.9. The molecule has 15 heteroatoms. The van der Waals surface area contributed by atoms with Crippen molar-refractivity contribution < 1.29 is 39.9 Å². The Kier molecular flexibility index (Phi) is 6.40. The zero-order valence-electron chi connectivity index (χ0n) is 15.8. The molecule has 3 heterocycles. The lowest BCUT2D eigenvalue weighted by Gasteiger charge is -2.19. The Hall–Kier alpha value is -2.84. The zero-order chi connectivity index (χ0) is 23.8. The van der Waals surface area contributed by atoms with Crippen LogP contribution < -0.4 is 10.3 Å². The third-order valence-corrected chi connectivity index (χ3v) is 4.50. The summed E-state index contributed by atoms with van der Waals surface area (Å²) < 4.78 is 112. The molecule has 1 atom stereocenters. The summed E-state index contributed by atoms with van der Waals surface area (Å²) in [5.74, 6) is -4.85. The van der Waals surface area contributed by atoms with Gasteiger partial charge in [-0.25, -0.2) is 22.8 Å². The summed E-state index contributed by atoms with van der Waals surface area (Å²) in [6, 6.07) is 2.37. The summed E-state index contributed by atoms with van der Waals surface area (Å²) in [6.45, 7) is 0. The number of aromatic nitrogens is 4. The minimum absolute atomic E-state index is 0.134. The lowest BCUT2D eigenvalue weighted by Crippen LogP contribution is -2.35. The van der Waals surface area contributed by atoms with Crippen LogP contribution in [0.2, 0.25) is 0 Å². The van der Waals surface area contributed by atoms with Crippen molar-refractivity contribution in [1.82, 2.24) is 19.2 Å². The third kappa shape index (κ3) is 4.38. The number of rotatable bonds is 7. The largest absolute Gasteiger partial charge is 0.483 e. The lowest BCUT2D eigenvalue weighted by molar-refractivity contribution is -0.194. The molecular weight excluding hydrogens is 476 g/mol. The number of ether oxygens (including phenoxy) is 1. The second kappa shape index (κ2) is 8.60. The molecule has 0 aliphatic carbocycles. The molecule has 0 fully saturated rings. The number of halogens is 8. The Balaban J connectivity index is 2.17. The molecule has 0 N–H and O–H groups in total. The van der Waals surface area contributed by atoms with Crippen LogP contribution in [0.3, 0.4) is 0 Å². The molecular formula is C17H12F8N4O2S. The Labute approximate surface area is 177 Å². The molecule has 0 aliphatic rings. The van der Waals surface area contributed by atoms with E-state index in [0.717, 1.165) is 16.7 Å². The van der Waals surface area contributed by atoms with Gasteiger partial charge in [0.1, 0.15) is 17.3 Å². The molecule has 6 nitrogen and oxygen atoms in total. The number of hydrogen-bond donors (Lipinski definition) is 0. The Morgan fingerprint density at radius 3 is 2.47 bits per heavy atom. The van der Waals surface area contributed by atoms with Gasteiger partial charge in [-0.15, -0.1) is 11.8 Å². The highest BCUT2D eigenvalue weighted by atomic mass is 32.2. The van der Waals surface area contributed by atoms with Crippen LogP contribution in [0.4, 0.5) is 35.1 Å². The van der Waals surface area contributed by atoms with Crippen LogP contribution in [-0.2, 0) is 6.18 Å². The van der Waals surface area contributed by atoms with E-state index in [1.807, 2.05) is 0 Å². The number of alkyl halides is 8. The molecule has 3 rings (SSSR count). The van der Waals surface area contributed by atoms with Gasteiger partial charge in [-0.2, -0.15) is 27.1 Å². The van der Waals surface area contributed by atoms with Gasteiger partial charge in [-0.05, 0) is 12.3 Å². The molecule has 174 valence electrons. The number of hydrogen-bond acceptors (Lipinski definition) is 5. The van der Waals surface area contributed by atoms with Crippen molar-refractivity contribution in [1.29, 1.82) is 0 Å². The van der Waals surface area contributed by atoms with Crippen molar-refractivity contribution >= 4 is 17.4 Å². The fourth-order valence-electron chi connectivity index (χ4n) is 2.67. The normalized spacial score (nSPS) is 13.7. The van der Waals surface area contributed by atoms with E-state index in [1.54, 1.807) is 6.26 Å². The van der Waals surface area contributed by atoms with Crippen LogP contribution in [0.25, 0.3) is 16.8 Å². The minimum atomic E-state index is -5.18. The van der Waals surface area contributed by atoms with Crippen molar-refractivity contribution in [2.45, 2.75) is 24.8 Å². The zero-order valence-corrected chi connectivity index (χ0v) is 16.6. The number of fused-ring (bicyclic) bond motifs is 1. The number of nitrogens with zero attached hydrogens (tertiary/aromatic N) is 4.